The Balaban J connectivity index is 2.46. The Morgan fingerprint density at radius 1 is 1.53 bits per heavy atom. The lowest BCUT2D eigenvalue weighted by atomic mass is 10.2. The monoisotopic (exact) mass is 226 g/mol. The van der Waals surface area contributed by atoms with E-state index in [0.29, 0.717) is 5.75 Å². The van der Waals surface area contributed by atoms with Crippen molar-refractivity contribution in [2.24, 2.45) is 0 Å². The highest BCUT2D eigenvalue weighted by molar-refractivity contribution is 7.99. The Kier molecular flexibility index (Phi) is 5.10. The molecule has 82 valence electrons. The van der Waals surface area contributed by atoms with Gasteiger partial charge in [0, 0.05) is 11.4 Å². The number of hydrogen-bond donors (Lipinski definition) is 1. The highest BCUT2D eigenvalue weighted by Crippen LogP contribution is 2.16. The molecule has 1 heterocycles. The van der Waals surface area contributed by atoms with Gasteiger partial charge >= 0.3 is 5.97 Å². The van der Waals surface area contributed by atoms with Gasteiger partial charge in [-0.05, 0) is 12.5 Å². The topological polar surface area (TPSA) is 63.1 Å². The molecule has 0 aromatic carbocycles. The number of aryl methyl sites for hydroxylation is 1. The van der Waals surface area contributed by atoms with Crippen LogP contribution in [0.5, 0.6) is 0 Å². The first kappa shape index (κ1) is 12.0. The summed E-state index contributed by atoms with van der Waals surface area (Å²) in [5.74, 6) is -0.219. The van der Waals surface area contributed by atoms with E-state index in [4.69, 9.17) is 5.11 Å². The van der Waals surface area contributed by atoms with Crippen LogP contribution >= 0.6 is 11.8 Å². The third-order valence-corrected chi connectivity index (χ3v) is 2.70. The normalized spacial score (nSPS) is 10.2. The Labute approximate surface area is 93.1 Å². The molecule has 0 atom stereocenters. The average Bonchev–Trinajstić information content (AvgIpc) is 2.18. The zero-order valence-corrected chi connectivity index (χ0v) is 9.46. The molecular weight excluding hydrogens is 212 g/mol. The first-order chi connectivity index (χ1) is 7.22. The van der Waals surface area contributed by atoms with Gasteiger partial charge in [0.15, 0.2) is 0 Å². The van der Waals surface area contributed by atoms with Gasteiger partial charge in [-0.2, -0.15) is 0 Å². The lowest BCUT2D eigenvalue weighted by Crippen LogP contribution is -1.97. The van der Waals surface area contributed by atoms with E-state index in [1.807, 2.05) is 6.07 Å². The van der Waals surface area contributed by atoms with Gasteiger partial charge in [0.1, 0.15) is 6.33 Å². The van der Waals surface area contributed by atoms with E-state index >= 15 is 0 Å². The van der Waals surface area contributed by atoms with Gasteiger partial charge in [-0.15, -0.1) is 11.8 Å². The van der Waals surface area contributed by atoms with Crippen LogP contribution < -0.4 is 0 Å². The van der Waals surface area contributed by atoms with E-state index in [-0.39, 0.29) is 6.42 Å². The van der Waals surface area contributed by atoms with Crippen LogP contribution in [-0.4, -0.2) is 26.8 Å². The van der Waals surface area contributed by atoms with Crippen molar-refractivity contribution < 1.29 is 9.90 Å². The third kappa shape index (κ3) is 4.78. The molecule has 0 aliphatic heterocycles. The minimum absolute atomic E-state index is 0.164. The smallest absolute Gasteiger partial charge is 0.304 e. The summed E-state index contributed by atoms with van der Waals surface area (Å²) < 4.78 is 0. The maximum atomic E-state index is 10.3. The lowest BCUT2D eigenvalue weighted by Gasteiger charge is -2.01. The Hall–Kier alpha value is -1.10. The first-order valence-electron chi connectivity index (χ1n) is 4.88. The first-order valence-corrected chi connectivity index (χ1v) is 5.86. The van der Waals surface area contributed by atoms with E-state index in [9.17, 15) is 4.79 Å². The minimum atomic E-state index is -0.773. The highest BCUT2D eigenvalue weighted by Gasteiger charge is 2.01. The summed E-state index contributed by atoms with van der Waals surface area (Å²) in [6.07, 6.45) is 3.69. The second-order valence-corrected chi connectivity index (χ2v) is 4.20. The second kappa shape index (κ2) is 6.40. The van der Waals surface area contributed by atoms with Crippen molar-refractivity contribution in [1.29, 1.82) is 0 Å². The summed E-state index contributed by atoms with van der Waals surface area (Å²) in [6, 6.07) is 1.93. The van der Waals surface area contributed by atoms with Crippen LogP contribution in [0.2, 0.25) is 0 Å². The molecule has 0 spiro atoms. The second-order valence-electron chi connectivity index (χ2n) is 3.09. The average molecular weight is 226 g/mol. The molecule has 0 aliphatic rings. The van der Waals surface area contributed by atoms with E-state index in [2.05, 4.69) is 16.9 Å². The van der Waals surface area contributed by atoms with E-state index in [1.54, 1.807) is 0 Å². The Morgan fingerprint density at radius 2 is 2.33 bits per heavy atom. The molecule has 4 nitrogen and oxygen atoms in total. The van der Waals surface area contributed by atoms with Gasteiger partial charge in [-0.1, -0.05) is 13.3 Å². The van der Waals surface area contributed by atoms with Crippen LogP contribution in [0, 0.1) is 0 Å². The third-order valence-electron chi connectivity index (χ3n) is 1.77. The van der Waals surface area contributed by atoms with Crippen LogP contribution in [0.1, 0.15) is 25.5 Å². The van der Waals surface area contributed by atoms with Crippen LogP contribution in [0.4, 0.5) is 0 Å². The van der Waals surface area contributed by atoms with E-state index in [1.165, 1.54) is 18.1 Å². The summed E-state index contributed by atoms with van der Waals surface area (Å²) in [5, 5.41) is 9.34. The van der Waals surface area contributed by atoms with Gasteiger partial charge in [0.2, 0.25) is 0 Å². The van der Waals surface area contributed by atoms with Crippen molar-refractivity contribution >= 4 is 17.7 Å². The summed E-state index contributed by atoms with van der Waals surface area (Å²) in [5.41, 5.74) is 1.02. The molecule has 0 fully saturated rings. The zero-order valence-electron chi connectivity index (χ0n) is 8.64. The SMILES string of the molecule is CCCc1cc(SCCC(=O)O)ncn1. The van der Waals surface area contributed by atoms with Crippen LogP contribution in [-0.2, 0) is 11.2 Å². The molecule has 1 N–H and O–H groups in total. The number of aromatic nitrogens is 2. The number of aliphatic carboxylic acids is 1. The number of carboxylic acids is 1. The summed E-state index contributed by atoms with van der Waals surface area (Å²) >= 11 is 1.46. The number of carbonyl (C=O) groups is 1. The lowest BCUT2D eigenvalue weighted by molar-refractivity contribution is -0.136. The number of rotatable bonds is 6. The van der Waals surface area contributed by atoms with Gasteiger partial charge in [-0.3, -0.25) is 4.79 Å². The molecule has 0 amide bonds. The number of carboxylic acid groups (broad SMARTS) is 1. The fourth-order valence-corrected chi connectivity index (χ4v) is 1.92. The largest absolute Gasteiger partial charge is 0.481 e. The highest BCUT2D eigenvalue weighted by atomic mass is 32.2. The van der Waals surface area contributed by atoms with Crippen molar-refractivity contribution in [3.05, 3.63) is 18.1 Å². The molecule has 0 radical (unpaired) electrons. The predicted molar refractivity (Wildman–Crippen MR) is 59.0 cm³/mol. The van der Waals surface area contributed by atoms with Crippen LogP contribution in [0.3, 0.4) is 0 Å². The standard InChI is InChI=1S/C10H14N2O2S/c1-2-3-8-6-9(12-7-11-8)15-5-4-10(13)14/h6-7H,2-5H2,1H3,(H,13,14). The number of thioether (sulfide) groups is 1. The Bertz CT molecular complexity index is 331. The molecule has 1 aromatic rings. The van der Waals surface area contributed by atoms with Gasteiger partial charge in [0.25, 0.3) is 0 Å². The fraction of sp³-hybridized carbons (Fsp3) is 0.500. The van der Waals surface area contributed by atoms with E-state index in [0.717, 1.165) is 23.6 Å². The molecule has 0 unspecified atom stereocenters. The molecule has 0 saturated heterocycles. The summed E-state index contributed by atoms with van der Waals surface area (Å²) in [4.78, 5) is 18.5. The molecule has 5 heteroatoms. The zero-order chi connectivity index (χ0) is 11.1. The minimum Gasteiger partial charge on any atom is -0.481 e. The molecule has 0 saturated carbocycles. The maximum Gasteiger partial charge on any atom is 0.304 e. The van der Waals surface area contributed by atoms with Crippen molar-refractivity contribution in [2.75, 3.05) is 5.75 Å². The summed E-state index contributed by atoms with van der Waals surface area (Å²) in [7, 11) is 0. The van der Waals surface area contributed by atoms with E-state index < -0.39 is 5.97 Å². The van der Waals surface area contributed by atoms with Crippen LogP contribution in [0.15, 0.2) is 17.4 Å². The molecule has 15 heavy (non-hydrogen) atoms. The van der Waals surface area contributed by atoms with Crippen molar-refractivity contribution in [1.82, 2.24) is 9.97 Å². The van der Waals surface area contributed by atoms with Crippen molar-refractivity contribution in [2.45, 2.75) is 31.2 Å². The summed E-state index contributed by atoms with van der Waals surface area (Å²) in [6.45, 7) is 2.10. The molecule has 1 rings (SSSR count). The van der Waals surface area contributed by atoms with Crippen molar-refractivity contribution in [3.63, 3.8) is 0 Å². The maximum absolute atomic E-state index is 10.3. The van der Waals surface area contributed by atoms with Crippen molar-refractivity contribution in [3.8, 4) is 0 Å². The quantitative estimate of drug-likeness (QED) is 0.593. The fourth-order valence-electron chi connectivity index (χ4n) is 1.09. The van der Waals surface area contributed by atoms with Crippen LogP contribution in [0.25, 0.3) is 0 Å². The number of hydrogen-bond acceptors (Lipinski definition) is 4. The van der Waals surface area contributed by atoms with Gasteiger partial charge in [0.05, 0.1) is 11.4 Å². The molecular formula is C10H14N2O2S. The van der Waals surface area contributed by atoms with Gasteiger partial charge in [-0.25, -0.2) is 9.97 Å². The van der Waals surface area contributed by atoms with Gasteiger partial charge < -0.3 is 5.11 Å². The predicted octanol–water partition coefficient (Wildman–Crippen LogP) is 2.00. The molecule has 0 aliphatic carbocycles. The Morgan fingerprint density at radius 3 is 3.00 bits per heavy atom. The number of nitrogens with zero attached hydrogens (tertiary/aromatic N) is 2. The molecule has 0 bridgehead atoms. The molecule has 1 aromatic heterocycles.